The van der Waals surface area contributed by atoms with E-state index < -0.39 is 59.8 Å². The minimum absolute atomic E-state index is 0.0277. The van der Waals surface area contributed by atoms with Crippen molar-refractivity contribution in [2.45, 2.75) is 44.1 Å². The highest BCUT2D eigenvalue weighted by Gasteiger charge is 2.62. The third kappa shape index (κ3) is 3.34. The van der Waals surface area contributed by atoms with Gasteiger partial charge in [-0.25, -0.2) is 8.78 Å². The lowest BCUT2D eigenvalue weighted by atomic mass is 9.90. The summed E-state index contributed by atoms with van der Waals surface area (Å²) in [6.07, 6.45) is 0.0000796. The van der Waals surface area contributed by atoms with E-state index in [4.69, 9.17) is 11.6 Å². The number of fused-ring (bicyclic) bond motifs is 6. The van der Waals surface area contributed by atoms with E-state index in [9.17, 15) is 33.4 Å². The number of rotatable bonds is 5. The molecule has 2 amide bonds. The number of benzene rings is 1. The van der Waals surface area contributed by atoms with Gasteiger partial charge in [-0.15, -0.1) is 5.92 Å². The largest absolute Gasteiger partial charge is 0.502 e. The van der Waals surface area contributed by atoms with Gasteiger partial charge in [0.25, 0.3) is 17.4 Å². The van der Waals surface area contributed by atoms with Gasteiger partial charge in [0, 0.05) is 25.1 Å². The number of carbonyl (C=O) groups is 2. The van der Waals surface area contributed by atoms with Crippen LogP contribution in [0.1, 0.15) is 51.2 Å². The van der Waals surface area contributed by atoms with Gasteiger partial charge in [-0.3, -0.25) is 19.0 Å². The zero-order chi connectivity index (χ0) is 26.9. The maximum atomic E-state index is 14.5. The van der Waals surface area contributed by atoms with Crippen molar-refractivity contribution in [3.05, 3.63) is 61.8 Å². The molecule has 2 N–H and O–H groups in total. The first-order chi connectivity index (χ1) is 18.2. The van der Waals surface area contributed by atoms with E-state index >= 15 is 0 Å². The van der Waals surface area contributed by atoms with E-state index in [0.29, 0.717) is 24.8 Å². The second kappa shape index (κ2) is 8.82. The van der Waals surface area contributed by atoms with Gasteiger partial charge >= 0.3 is 0 Å². The van der Waals surface area contributed by atoms with Crippen LogP contribution in [0.25, 0.3) is 0 Å². The van der Waals surface area contributed by atoms with Crippen molar-refractivity contribution in [3.8, 4) is 17.6 Å². The number of halogens is 3. The third-order valence-corrected chi connectivity index (χ3v) is 8.59. The van der Waals surface area contributed by atoms with Crippen molar-refractivity contribution in [2.75, 3.05) is 19.7 Å². The van der Waals surface area contributed by atoms with Crippen molar-refractivity contribution >= 4 is 23.4 Å². The number of aliphatic hydroxyl groups excluding tert-OH is 1. The quantitative estimate of drug-likeness (QED) is 0.564. The van der Waals surface area contributed by atoms with Crippen LogP contribution in [0.3, 0.4) is 0 Å². The Balaban J connectivity index is 1.47. The smallest absolute Gasteiger partial charge is 0.296 e. The molecule has 1 spiro atoms. The average molecular weight is 544 g/mol. The maximum Gasteiger partial charge on any atom is 0.296 e. The molecular weight excluding hydrogens is 520 g/mol. The van der Waals surface area contributed by atoms with Crippen molar-refractivity contribution in [2.24, 2.45) is 11.8 Å². The maximum absolute atomic E-state index is 14.5. The summed E-state index contributed by atoms with van der Waals surface area (Å²) in [4.78, 5) is 43.8. The second-order valence-corrected chi connectivity index (χ2v) is 10.7. The van der Waals surface area contributed by atoms with E-state index in [2.05, 4.69) is 11.8 Å². The van der Waals surface area contributed by atoms with Crippen molar-refractivity contribution in [1.82, 2.24) is 14.4 Å². The molecule has 198 valence electrons. The molecule has 4 aliphatic rings. The molecule has 38 heavy (non-hydrogen) atoms. The lowest BCUT2D eigenvalue weighted by Gasteiger charge is -2.40. The highest BCUT2D eigenvalue weighted by Crippen LogP contribution is 2.54. The Labute approximate surface area is 221 Å². The first-order valence-corrected chi connectivity index (χ1v) is 12.9. The van der Waals surface area contributed by atoms with Crippen LogP contribution in [0, 0.1) is 29.5 Å². The number of alkyl halides is 1. The summed E-state index contributed by atoms with van der Waals surface area (Å²) < 4.78 is 29.4. The van der Waals surface area contributed by atoms with E-state index in [1.165, 1.54) is 32.6 Å². The number of hydrogen-bond acceptors (Lipinski definition) is 5. The van der Waals surface area contributed by atoms with Gasteiger partial charge in [-0.05, 0) is 42.9 Å². The number of hydrogen-bond donors (Lipinski definition) is 2. The molecule has 3 heterocycles. The monoisotopic (exact) mass is 543 g/mol. The highest BCUT2D eigenvalue weighted by atomic mass is 35.5. The summed E-state index contributed by atoms with van der Waals surface area (Å²) in [7, 11) is 0. The standard InChI is InChI=1S/C27H24ClF2N3O5/c28-19-10-14(4-5-20(19)30)11-31-9-7-17-21(24(31)36)23(35)26(38)33-22(17)25(37)32(12-16(29)13-34)27(33)8-6-15-2-1-3-18(15)27/h4-5,10,15-16,18,34-35H,2,6-9,11-13H2. The van der Waals surface area contributed by atoms with Crippen LogP contribution in [0.2, 0.25) is 5.02 Å². The number of pyridine rings is 1. The van der Waals surface area contributed by atoms with Crippen LogP contribution in [-0.2, 0) is 18.6 Å². The fourth-order valence-electron chi connectivity index (χ4n) is 6.62. The number of amides is 2. The van der Waals surface area contributed by atoms with Crippen LogP contribution in [-0.4, -0.2) is 62.3 Å². The van der Waals surface area contributed by atoms with Gasteiger partial charge < -0.3 is 20.0 Å². The number of aliphatic hydroxyl groups is 1. The summed E-state index contributed by atoms with van der Waals surface area (Å²) in [6.45, 7) is -1.02. The van der Waals surface area contributed by atoms with Gasteiger partial charge in [-0.1, -0.05) is 23.6 Å². The Morgan fingerprint density at radius 2 is 2.03 bits per heavy atom. The zero-order valence-electron chi connectivity index (χ0n) is 20.2. The zero-order valence-corrected chi connectivity index (χ0v) is 21.0. The Morgan fingerprint density at radius 3 is 2.76 bits per heavy atom. The van der Waals surface area contributed by atoms with Crippen LogP contribution in [0.4, 0.5) is 8.78 Å². The summed E-state index contributed by atoms with van der Waals surface area (Å²) in [5.41, 5.74) is -1.68. The number of nitrogens with zero attached hydrogens (tertiary/aromatic N) is 3. The fourth-order valence-corrected chi connectivity index (χ4v) is 6.82. The minimum Gasteiger partial charge on any atom is -0.502 e. The van der Waals surface area contributed by atoms with Gasteiger partial charge in [-0.2, -0.15) is 0 Å². The molecular formula is C27H24ClF2N3O5. The first kappa shape index (κ1) is 24.9. The molecule has 2 aliphatic carbocycles. The van der Waals surface area contributed by atoms with Gasteiger partial charge in [0.15, 0.2) is 5.75 Å². The molecule has 2 aromatic rings. The Morgan fingerprint density at radius 1 is 1.24 bits per heavy atom. The molecule has 0 bridgehead atoms. The first-order valence-electron chi connectivity index (χ1n) is 12.5. The summed E-state index contributed by atoms with van der Waals surface area (Å²) in [5, 5.41) is 20.4. The molecule has 11 heteroatoms. The van der Waals surface area contributed by atoms with E-state index in [1.807, 2.05) is 0 Å². The van der Waals surface area contributed by atoms with Gasteiger partial charge in [0.1, 0.15) is 23.3 Å². The van der Waals surface area contributed by atoms with E-state index in [-0.39, 0.29) is 47.3 Å². The SMILES string of the molecule is O=C1c2c(c3n(c(=O)c2O)C2(CCC4CC#CC42)N(CC(F)CO)C3=O)CCN1Cc1ccc(F)c(Cl)c1. The van der Waals surface area contributed by atoms with Crippen molar-refractivity contribution in [1.29, 1.82) is 0 Å². The van der Waals surface area contributed by atoms with Crippen LogP contribution in [0.5, 0.6) is 5.75 Å². The minimum atomic E-state index is -1.74. The molecule has 4 unspecified atom stereocenters. The third-order valence-electron chi connectivity index (χ3n) is 8.30. The Bertz CT molecular complexity index is 1510. The normalized spacial score (nSPS) is 25.9. The van der Waals surface area contributed by atoms with Crippen LogP contribution >= 0.6 is 11.6 Å². The summed E-state index contributed by atoms with van der Waals surface area (Å²) >= 11 is 5.88. The number of carbonyl (C=O) groups excluding carboxylic acids is 2. The van der Waals surface area contributed by atoms with E-state index in [1.54, 1.807) is 0 Å². The van der Waals surface area contributed by atoms with E-state index in [0.717, 1.165) is 0 Å². The van der Waals surface area contributed by atoms with Crippen LogP contribution in [0.15, 0.2) is 23.0 Å². The lowest BCUT2D eigenvalue weighted by molar-refractivity contribution is 0.00300. The van der Waals surface area contributed by atoms with Gasteiger partial charge in [0.2, 0.25) is 0 Å². The molecule has 1 aromatic carbocycles. The molecule has 8 nitrogen and oxygen atoms in total. The number of aromatic nitrogens is 1. The van der Waals surface area contributed by atoms with Crippen LogP contribution < -0.4 is 5.56 Å². The fraction of sp³-hybridized carbons (Fsp3) is 0.444. The molecule has 2 aliphatic heterocycles. The lowest BCUT2D eigenvalue weighted by Crippen LogP contribution is -2.54. The molecule has 6 rings (SSSR count). The summed E-state index contributed by atoms with van der Waals surface area (Å²) in [6, 6.07) is 4.07. The van der Waals surface area contributed by atoms with Crippen molar-refractivity contribution in [3.63, 3.8) is 0 Å². The molecule has 1 aromatic heterocycles. The summed E-state index contributed by atoms with van der Waals surface area (Å²) in [5.74, 6) is 3.17. The molecule has 4 atom stereocenters. The molecule has 0 saturated heterocycles. The highest BCUT2D eigenvalue weighted by molar-refractivity contribution is 6.30. The predicted molar refractivity (Wildman–Crippen MR) is 132 cm³/mol. The number of aromatic hydroxyl groups is 1. The molecule has 1 saturated carbocycles. The Kier molecular flexibility index (Phi) is 5.78. The van der Waals surface area contributed by atoms with Gasteiger partial charge in [0.05, 0.1) is 29.7 Å². The Hall–Kier alpha value is -3.42. The molecule has 1 fully saturated rings. The topological polar surface area (TPSA) is 103 Å². The predicted octanol–water partition coefficient (Wildman–Crippen LogP) is 2.42. The molecule has 0 radical (unpaired) electrons. The second-order valence-electron chi connectivity index (χ2n) is 10.3. The van der Waals surface area contributed by atoms with Crippen molar-refractivity contribution < 1.29 is 28.6 Å². The average Bonchev–Trinajstić information content (AvgIpc) is 3.57.